The lowest BCUT2D eigenvalue weighted by Gasteiger charge is -2.23. The van der Waals surface area contributed by atoms with Gasteiger partial charge in [0.15, 0.2) is 0 Å². The molecule has 1 saturated heterocycles. The van der Waals surface area contributed by atoms with Gasteiger partial charge in [0.1, 0.15) is 0 Å². The second kappa shape index (κ2) is 7.95. The van der Waals surface area contributed by atoms with Gasteiger partial charge in [-0.05, 0) is 51.1 Å². The van der Waals surface area contributed by atoms with E-state index in [0.29, 0.717) is 5.41 Å². The summed E-state index contributed by atoms with van der Waals surface area (Å²) < 4.78 is 0. The van der Waals surface area contributed by atoms with Crippen LogP contribution in [-0.2, 0) is 11.2 Å². The highest BCUT2D eigenvalue weighted by Crippen LogP contribution is 2.58. The lowest BCUT2D eigenvalue weighted by Crippen LogP contribution is -2.34. The Hall–Kier alpha value is -0.360. The molecule has 1 spiro atoms. The molecule has 2 fully saturated rings. The van der Waals surface area contributed by atoms with Crippen molar-refractivity contribution in [1.82, 2.24) is 15.6 Å². The van der Waals surface area contributed by atoms with E-state index in [1.54, 1.807) is 11.3 Å². The molecule has 2 atom stereocenters. The minimum Gasteiger partial charge on any atom is -0.348 e. The van der Waals surface area contributed by atoms with E-state index in [2.05, 4.69) is 27.9 Å². The molecule has 2 aliphatic rings. The fraction of sp³-hybridized carbons (Fsp3) is 0.733. The van der Waals surface area contributed by atoms with Gasteiger partial charge < -0.3 is 10.6 Å². The molecule has 1 aromatic heterocycles. The zero-order valence-corrected chi connectivity index (χ0v) is 15.5. The summed E-state index contributed by atoms with van der Waals surface area (Å²) in [4.78, 5) is 16.9. The van der Waals surface area contributed by atoms with Crippen LogP contribution in [0.5, 0.6) is 0 Å². The number of hydrogen-bond donors (Lipinski definition) is 2. The number of aryl methyl sites for hydroxylation is 1. The third-order valence-corrected chi connectivity index (χ3v) is 5.79. The minimum absolute atomic E-state index is 0. The number of hydrogen-bond acceptors (Lipinski definition) is 4. The van der Waals surface area contributed by atoms with Crippen LogP contribution in [0.15, 0.2) is 5.38 Å². The number of carbonyl (C=O) groups excluding carboxylic acids is 1. The maximum atomic E-state index is 12.4. The van der Waals surface area contributed by atoms with E-state index >= 15 is 0 Å². The van der Waals surface area contributed by atoms with Crippen LogP contribution in [0.2, 0.25) is 0 Å². The van der Waals surface area contributed by atoms with Crippen molar-refractivity contribution in [2.75, 3.05) is 13.1 Å². The summed E-state index contributed by atoms with van der Waals surface area (Å²) in [6, 6.07) is 0.0263. The molecular formula is C15H25Cl2N3OS. The lowest BCUT2D eigenvalue weighted by atomic mass is 9.91. The monoisotopic (exact) mass is 365 g/mol. The Morgan fingerprint density at radius 1 is 1.50 bits per heavy atom. The predicted octanol–water partition coefficient (Wildman–Crippen LogP) is 3.12. The molecule has 22 heavy (non-hydrogen) atoms. The number of nitrogens with one attached hydrogen (secondary N) is 2. The molecule has 4 nitrogen and oxygen atoms in total. The number of amides is 1. The van der Waals surface area contributed by atoms with E-state index in [4.69, 9.17) is 0 Å². The van der Waals surface area contributed by atoms with Gasteiger partial charge >= 0.3 is 0 Å². The number of piperidine rings is 1. The largest absolute Gasteiger partial charge is 0.348 e. The summed E-state index contributed by atoms with van der Waals surface area (Å²) in [7, 11) is 0. The average molecular weight is 366 g/mol. The molecule has 0 aromatic carbocycles. The Labute approximate surface area is 148 Å². The standard InChI is InChI=1S/C15H23N3OS.2ClH/c1-3-13-18-12(9-20-13)10(2)17-14(19)11-8-15(11)4-6-16-7-5-15;;/h9-11,16H,3-8H2,1-2H3,(H,17,19);2*1H. The van der Waals surface area contributed by atoms with Crippen LogP contribution in [0.1, 0.15) is 49.9 Å². The van der Waals surface area contributed by atoms with Crippen molar-refractivity contribution >= 4 is 42.1 Å². The molecule has 3 rings (SSSR count). The van der Waals surface area contributed by atoms with Gasteiger partial charge in [0.25, 0.3) is 0 Å². The number of thiazole rings is 1. The third-order valence-electron chi connectivity index (χ3n) is 4.78. The van der Waals surface area contributed by atoms with E-state index in [1.165, 1.54) is 0 Å². The summed E-state index contributed by atoms with van der Waals surface area (Å²) in [5, 5.41) is 9.73. The van der Waals surface area contributed by atoms with E-state index in [9.17, 15) is 4.79 Å². The van der Waals surface area contributed by atoms with Crippen LogP contribution in [0, 0.1) is 11.3 Å². The van der Waals surface area contributed by atoms with Gasteiger partial charge in [-0.25, -0.2) is 4.98 Å². The van der Waals surface area contributed by atoms with Crippen LogP contribution in [-0.4, -0.2) is 24.0 Å². The van der Waals surface area contributed by atoms with Gasteiger partial charge in [-0.15, -0.1) is 36.2 Å². The van der Waals surface area contributed by atoms with E-state index in [0.717, 1.165) is 49.5 Å². The molecule has 2 unspecified atom stereocenters. The first-order valence-electron chi connectivity index (χ1n) is 7.60. The Kier molecular flexibility index (Phi) is 7.12. The quantitative estimate of drug-likeness (QED) is 0.861. The van der Waals surface area contributed by atoms with E-state index < -0.39 is 0 Å². The first-order chi connectivity index (χ1) is 9.64. The molecule has 0 bridgehead atoms. The first kappa shape index (κ1) is 19.7. The topological polar surface area (TPSA) is 54.0 Å². The number of nitrogens with zero attached hydrogens (tertiary/aromatic N) is 1. The normalized spacial score (nSPS) is 23.1. The van der Waals surface area contributed by atoms with Crippen molar-refractivity contribution < 1.29 is 4.79 Å². The van der Waals surface area contributed by atoms with Crippen LogP contribution in [0.3, 0.4) is 0 Å². The SMILES string of the molecule is CCc1nc(C(C)NC(=O)C2CC23CCNCC3)cs1.Cl.Cl. The van der Waals surface area contributed by atoms with Crippen molar-refractivity contribution in [2.45, 2.75) is 45.6 Å². The first-order valence-corrected chi connectivity index (χ1v) is 8.48. The molecule has 0 radical (unpaired) electrons. The Bertz CT molecular complexity index is 503. The van der Waals surface area contributed by atoms with Crippen molar-refractivity contribution in [1.29, 1.82) is 0 Å². The maximum absolute atomic E-state index is 12.4. The van der Waals surface area contributed by atoms with Gasteiger partial charge in [0.05, 0.1) is 16.7 Å². The lowest BCUT2D eigenvalue weighted by molar-refractivity contribution is -0.124. The van der Waals surface area contributed by atoms with Gasteiger partial charge in [0.2, 0.25) is 5.91 Å². The fourth-order valence-corrected chi connectivity index (χ4v) is 4.11. The maximum Gasteiger partial charge on any atom is 0.224 e. The Balaban J connectivity index is 0.00000121. The van der Waals surface area contributed by atoms with Crippen molar-refractivity contribution in [3.63, 3.8) is 0 Å². The highest BCUT2D eigenvalue weighted by molar-refractivity contribution is 7.09. The fourth-order valence-electron chi connectivity index (χ4n) is 3.27. The van der Waals surface area contributed by atoms with Gasteiger partial charge in [-0.3, -0.25) is 4.79 Å². The number of halogens is 2. The van der Waals surface area contributed by atoms with Crippen molar-refractivity contribution in [3.8, 4) is 0 Å². The van der Waals surface area contributed by atoms with E-state index in [1.807, 2.05) is 6.92 Å². The predicted molar refractivity (Wildman–Crippen MR) is 95.2 cm³/mol. The van der Waals surface area contributed by atoms with Gasteiger partial charge in [-0.2, -0.15) is 0 Å². The van der Waals surface area contributed by atoms with Crippen LogP contribution < -0.4 is 10.6 Å². The number of aromatic nitrogens is 1. The molecular weight excluding hydrogens is 341 g/mol. The zero-order valence-electron chi connectivity index (χ0n) is 13.1. The second-order valence-electron chi connectivity index (χ2n) is 6.12. The number of rotatable bonds is 4. The molecule has 2 N–H and O–H groups in total. The molecule has 126 valence electrons. The summed E-state index contributed by atoms with van der Waals surface area (Å²) >= 11 is 1.68. The van der Waals surface area contributed by atoms with E-state index in [-0.39, 0.29) is 42.7 Å². The third kappa shape index (κ3) is 3.94. The van der Waals surface area contributed by atoms with Crippen LogP contribution in [0.4, 0.5) is 0 Å². The Morgan fingerprint density at radius 3 is 2.77 bits per heavy atom. The van der Waals surface area contributed by atoms with Gasteiger partial charge in [0, 0.05) is 11.3 Å². The average Bonchev–Trinajstić information content (AvgIpc) is 2.95. The van der Waals surface area contributed by atoms with Crippen molar-refractivity contribution in [2.24, 2.45) is 11.3 Å². The summed E-state index contributed by atoms with van der Waals surface area (Å²) in [6.45, 7) is 6.26. The summed E-state index contributed by atoms with van der Waals surface area (Å²) in [5.74, 6) is 0.460. The molecule has 1 saturated carbocycles. The molecule has 1 aliphatic heterocycles. The molecule has 1 aliphatic carbocycles. The zero-order chi connectivity index (χ0) is 14.2. The van der Waals surface area contributed by atoms with Crippen LogP contribution >= 0.6 is 36.2 Å². The second-order valence-corrected chi connectivity index (χ2v) is 7.06. The Morgan fingerprint density at radius 2 is 2.18 bits per heavy atom. The molecule has 1 amide bonds. The summed E-state index contributed by atoms with van der Waals surface area (Å²) in [5.41, 5.74) is 1.31. The van der Waals surface area contributed by atoms with Crippen LogP contribution in [0.25, 0.3) is 0 Å². The molecule has 2 heterocycles. The number of carbonyl (C=O) groups is 1. The van der Waals surface area contributed by atoms with Crippen molar-refractivity contribution in [3.05, 3.63) is 16.1 Å². The smallest absolute Gasteiger partial charge is 0.224 e. The molecule has 1 aromatic rings. The summed E-state index contributed by atoms with van der Waals surface area (Å²) in [6.07, 6.45) is 4.33. The highest BCUT2D eigenvalue weighted by Gasteiger charge is 2.57. The molecule has 7 heteroatoms. The minimum atomic E-state index is 0. The highest BCUT2D eigenvalue weighted by atomic mass is 35.5. The van der Waals surface area contributed by atoms with Gasteiger partial charge in [-0.1, -0.05) is 6.92 Å².